The Kier molecular flexibility index (Phi) is 4.36. The lowest BCUT2D eigenvalue weighted by atomic mass is 9.95. The third-order valence-electron chi connectivity index (χ3n) is 4.34. The highest BCUT2D eigenvalue weighted by molar-refractivity contribution is 7.22. The van der Waals surface area contributed by atoms with Crippen LogP contribution in [0.25, 0.3) is 10.2 Å². The Labute approximate surface area is 150 Å². The Hall–Kier alpha value is -2.47. The molecular formula is C19H19N3O2S. The first-order chi connectivity index (χ1) is 12.2. The number of hydrogen-bond acceptors (Lipinski definition) is 5. The molecule has 0 radical (unpaired) electrons. The van der Waals surface area contributed by atoms with Gasteiger partial charge in [-0.25, -0.2) is 4.98 Å². The number of rotatable bonds is 4. The Morgan fingerprint density at radius 2 is 2.16 bits per heavy atom. The van der Waals surface area contributed by atoms with Gasteiger partial charge < -0.3 is 4.74 Å². The molecule has 1 amide bonds. The molecule has 1 aromatic carbocycles. The summed E-state index contributed by atoms with van der Waals surface area (Å²) in [5, 5.41) is 3.43. The van der Waals surface area contributed by atoms with Crippen molar-refractivity contribution in [3.8, 4) is 5.75 Å². The van der Waals surface area contributed by atoms with E-state index in [0.29, 0.717) is 5.13 Å². The molecular weight excluding hydrogens is 334 g/mol. The fourth-order valence-electron chi connectivity index (χ4n) is 3.11. The van der Waals surface area contributed by atoms with Crippen LogP contribution in [0.15, 0.2) is 30.5 Å². The van der Waals surface area contributed by atoms with Crippen molar-refractivity contribution < 1.29 is 9.53 Å². The molecule has 2 aromatic heterocycles. The second-order valence-corrected chi connectivity index (χ2v) is 7.30. The van der Waals surface area contributed by atoms with E-state index in [2.05, 4.69) is 21.4 Å². The van der Waals surface area contributed by atoms with Crippen molar-refractivity contribution in [1.29, 1.82) is 0 Å². The molecule has 4 rings (SSSR count). The number of thiazole rings is 1. The molecule has 0 atom stereocenters. The van der Waals surface area contributed by atoms with Crippen LogP contribution in [0, 0.1) is 6.92 Å². The van der Waals surface area contributed by atoms with Crippen LogP contribution in [-0.2, 0) is 17.6 Å². The minimum absolute atomic E-state index is 0.0224. The van der Waals surface area contributed by atoms with E-state index < -0.39 is 0 Å². The number of nitrogens with zero attached hydrogens (tertiary/aromatic N) is 2. The molecule has 2 heterocycles. The number of carbonyl (C=O) groups is 1. The van der Waals surface area contributed by atoms with Crippen LogP contribution in [0.4, 0.5) is 5.13 Å². The highest BCUT2D eigenvalue weighted by atomic mass is 32.1. The fourth-order valence-corrected chi connectivity index (χ4v) is 4.09. The molecule has 128 valence electrons. The molecule has 3 aromatic rings. The molecule has 0 fully saturated rings. The predicted molar refractivity (Wildman–Crippen MR) is 99.4 cm³/mol. The number of fused-ring (bicyclic) bond motifs is 2. The smallest absolute Gasteiger partial charge is 0.264 e. The lowest BCUT2D eigenvalue weighted by molar-refractivity contribution is -0.118. The summed E-state index contributed by atoms with van der Waals surface area (Å²) in [6.45, 7) is 2.02. The van der Waals surface area contributed by atoms with Gasteiger partial charge in [-0.2, -0.15) is 0 Å². The van der Waals surface area contributed by atoms with Crippen LogP contribution >= 0.6 is 11.3 Å². The van der Waals surface area contributed by atoms with E-state index in [1.807, 2.05) is 25.1 Å². The SMILES string of the molecule is Cc1ccc2nc(NC(=O)COc3ccnc4c3CCCC4)sc2c1. The second kappa shape index (κ2) is 6.80. The molecule has 1 aliphatic carbocycles. The summed E-state index contributed by atoms with van der Waals surface area (Å²) in [6, 6.07) is 7.90. The minimum Gasteiger partial charge on any atom is -0.483 e. The third-order valence-corrected chi connectivity index (χ3v) is 5.28. The zero-order chi connectivity index (χ0) is 17.2. The van der Waals surface area contributed by atoms with E-state index >= 15 is 0 Å². The highest BCUT2D eigenvalue weighted by Gasteiger charge is 2.16. The van der Waals surface area contributed by atoms with Gasteiger partial charge >= 0.3 is 0 Å². The molecule has 0 unspecified atom stereocenters. The molecule has 0 aliphatic heterocycles. The molecule has 1 aliphatic rings. The lowest BCUT2D eigenvalue weighted by Gasteiger charge is -2.18. The first kappa shape index (κ1) is 16.0. The van der Waals surface area contributed by atoms with Crippen molar-refractivity contribution in [2.75, 3.05) is 11.9 Å². The van der Waals surface area contributed by atoms with Gasteiger partial charge in [0.15, 0.2) is 11.7 Å². The van der Waals surface area contributed by atoms with Crippen LogP contribution in [0.3, 0.4) is 0 Å². The standard InChI is InChI=1S/C19H19N3O2S/c1-12-6-7-15-17(10-12)25-19(21-15)22-18(23)11-24-16-8-9-20-14-5-3-2-4-13(14)16/h6-10H,2-5,11H2,1H3,(H,21,22,23). The van der Waals surface area contributed by atoms with Crippen molar-refractivity contribution in [1.82, 2.24) is 9.97 Å². The minimum atomic E-state index is -0.197. The van der Waals surface area contributed by atoms with Crippen molar-refractivity contribution >= 4 is 32.6 Å². The topological polar surface area (TPSA) is 64.1 Å². The summed E-state index contributed by atoms with van der Waals surface area (Å²) < 4.78 is 6.83. The molecule has 6 heteroatoms. The van der Waals surface area contributed by atoms with E-state index in [0.717, 1.165) is 46.5 Å². The summed E-state index contributed by atoms with van der Waals surface area (Å²) >= 11 is 1.48. The average molecular weight is 353 g/mol. The van der Waals surface area contributed by atoms with Gasteiger partial charge in [0.2, 0.25) is 0 Å². The van der Waals surface area contributed by atoms with E-state index in [9.17, 15) is 4.79 Å². The molecule has 0 saturated carbocycles. The van der Waals surface area contributed by atoms with Crippen molar-refractivity contribution in [2.24, 2.45) is 0 Å². The maximum Gasteiger partial charge on any atom is 0.264 e. The van der Waals surface area contributed by atoms with Gasteiger partial charge in [-0.05, 0) is 56.4 Å². The molecule has 1 N–H and O–H groups in total. The number of pyridine rings is 1. The summed E-state index contributed by atoms with van der Waals surface area (Å²) in [4.78, 5) is 21.1. The summed E-state index contributed by atoms with van der Waals surface area (Å²) in [5.41, 5.74) is 4.33. The number of anilines is 1. The number of benzene rings is 1. The maximum atomic E-state index is 12.2. The first-order valence-corrected chi connectivity index (χ1v) is 9.27. The quantitative estimate of drug-likeness (QED) is 0.773. The number of carbonyl (C=O) groups excluding carboxylic acids is 1. The maximum absolute atomic E-state index is 12.2. The highest BCUT2D eigenvalue weighted by Crippen LogP contribution is 2.28. The number of aromatic nitrogens is 2. The summed E-state index contributed by atoms with van der Waals surface area (Å²) in [5.74, 6) is 0.580. The molecule has 0 saturated heterocycles. The molecule has 0 spiro atoms. The normalized spacial score (nSPS) is 13.5. The van der Waals surface area contributed by atoms with Crippen molar-refractivity contribution in [3.05, 3.63) is 47.3 Å². The number of nitrogens with one attached hydrogen (secondary N) is 1. The number of ether oxygens (including phenoxy) is 1. The first-order valence-electron chi connectivity index (χ1n) is 8.45. The van der Waals surface area contributed by atoms with E-state index in [-0.39, 0.29) is 12.5 Å². The molecule has 25 heavy (non-hydrogen) atoms. The van der Waals surface area contributed by atoms with Gasteiger partial charge in [-0.15, -0.1) is 0 Å². The summed E-state index contributed by atoms with van der Waals surface area (Å²) in [7, 11) is 0. The van der Waals surface area contributed by atoms with Gasteiger partial charge in [0.1, 0.15) is 5.75 Å². The number of hydrogen-bond donors (Lipinski definition) is 1. The largest absolute Gasteiger partial charge is 0.483 e. The summed E-state index contributed by atoms with van der Waals surface area (Å²) in [6.07, 6.45) is 6.03. The zero-order valence-electron chi connectivity index (χ0n) is 14.0. The van der Waals surface area contributed by atoms with E-state index in [4.69, 9.17) is 4.74 Å². The van der Waals surface area contributed by atoms with Crippen molar-refractivity contribution in [2.45, 2.75) is 32.6 Å². The van der Waals surface area contributed by atoms with Crippen LogP contribution in [0.2, 0.25) is 0 Å². The van der Waals surface area contributed by atoms with E-state index in [1.165, 1.54) is 23.3 Å². The van der Waals surface area contributed by atoms with Gasteiger partial charge in [-0.1, -0.05) is 17.4 Å². The van der Waals surface area contributed by atoms with Crippen LogP contribution in [0.1, 0.15) is 29.7 Å². The Bertz CT molecular complexity index is 936. The lowest BCUT2D eigenvalue weighted by Crippen LogP contribution is -2.21. The Morgan fingerprint density at radius 1 is 1.28 bits per heavy atom. The molecule has 5 nitrogen and oxygen atoms in total. The molecule has 0 bridgehead atoms. The van der Waals surface area contributed by atoms with Gasteiger partial charge in [-0.3, -0.25) is 15.1 Å². The number of amides is 1. The number of aryl methyl sites for hydroxylation is 2. The van der Waals surface area contributed by atoms with Gasteiger partial charge in [0.05, 0.1) is 10.2 Å². The Morgan fingerprint density at radius 3 is 3.08 bits per heavy atom. The van der Waals surface area contributed by atoms with Crippen molar-refractivity contribution in [3.63, 3.8) is 0 Å². The van der Waals surface area contributed by atoms with Crippen LogP contribution in [-0.4, -0.2) is 22.5 Å². The van der Waals surface area contributed by atoms with Gasteiger partial charge in [0.25, 0.3) is 5.91 Å². The Balaban J connectivity index is 1.42. The monoisotopic (exact) mass is 353 g/mol. The average Bonchev–Trinajstić information content (AvgIpc) is 3.01. The van der Waals surface area contributed by atoms with Gasteiger partial charge in [0, 0.05) is 17.5 Å². The fraction of sp³-hybridized carbons (Fsp3) is 0.316. The second-order valence-electron chi connectivity index (χ2n) is 6.27. The van der Waals surface area contributed by atoms with Crippen LogP contribution < -0.4 is 10.1 Å². The van der Waals surface area contributed by atoms with E-state index in [1.54, 1.807) is 6.20 Å². The zero-order valence-corrected chi connectivity index (χ0v) is 14.9. The third kappa shape index (κ3) is 3.49. The van der Waals surface area contributed by atoms with Crippen LogP contribution in [0.5, 0.6) is 5.75 Å². The predicted octanol–water partition coefficient (Wildman–Crippen LogP) is 3.90.